The van der Waals surface area contributed by atoms with Crippen molar-refractivity contribution in [3.05, 3.63) is 29.6 Å². The Morgan fingerprint density at radius 2 is 2.20 bits per heavy atom. The Hall–Kier alpha value is -1.01. The normalized spacial score (nSPS) is 17.9. The van der Waals surface area contributed by atoms with E-state index in [-0.39, 0.29) is 5.82 Å². The molecule has 0 unspecified atom stereocenters. The van der Waals surface area contributed by atoms with Gasteiger partial charge >= 0.3 is 0 Å². The van der Waals surface area contributed by atoms with Crippen LogP contribution in [0.2, 0.25) is 0 Å². The number of nitriles is 1. The van der Waals surface area contributed by atoms with Crippen molar-refractivity contribution in [1.82, 2.24) is 0 Å². The summed E-state index contributed by atoms with van der Waals surface area (Å²) < 4.78 is 13.8. The lowest BCUT2D eigenvalue weighted by Crippen LogP contribution is -2.33. The van der Waals surface area contributed by atoms with E-state index in [2.05, 4.69) is 6.07 Å². The summed E-state index contributed by atoms with van der Waals surface area (Å²) in [6.07, 6.45) is 4.52. The van der Waals surface area contributed by atoms with Crippen molar-refractivity contribution < 1.29 is 4.39 Å². The Morgan fingerprint density at radius 3 is 2.60 bits per heavy atom. The van der Waals surface area contributed by atoms with E-state index in [9.17, 15) is 4.39 Å². The summed E-state index contributed by atoms with van der Waals surface area (Å²) in [7, 11) is 0. The van der Waals surface area contributed by atoms with Crippen molar-refractivity contribution in [1.29, 1.82) is 5.26 Å². The van der Waals surface area contributed by atoms with Crippen molar-refractivity contribution in [3.8, 4) is 6.07 Å². The van der Waals surface area contributed by atoms with E-state index in [0.717, 1.165) is 24.2 Å². The second-order valence-corrected chi connectivity index (χ2v) is 4.77. The lowest BCUT2D eigenvalue weighted by molar-refractivity contribution is 0.313. The molecular formula is C12H12FNS. The number of hydrogen-bond acceptors (Lipinski definition) is 2. The molecule has 15 heavy (non-hydrogen) atoms. The third kappa shape index (κ3) is 1.63. The molecule has 1 aromatic carbocycles. The van der Waals surface area contributed by atoms with E-state index in [1.54, 1.807) is 6.07 Å². The molecular weight excluding hydrogens is 209 g/mol. The van der Waals surface area contributed by atoms with Gasteiger partial charge in [-0.1, -0.05) is 6.07 Å². The van der Waals surface area contributed by atoms with Crippen LogP contribution in [-0.2, 0) is 5.41 Å². The second kappa shape index (κ2) is 3.86. The molecule has 0 spiro atoms. The minimum absolute atomic E-state index is 0.233. The number of nitrogens with zero attached hydrogens (tertiary/aromatic N) is 1. The van der Waals surface area contributed by atoms with Crippen LogP contribution in [0.15, 0.2) is 23.1 Å². The van der Waals surface area contributed by atoms with Gasteiger partial charge in [0.1, 0.15) is 5.82 Å². The predicted molar refractivity (Wildman–Crippen MR) is 59.3 cm³/mol. The van der Waals surface area contributed by atoms with Crippen molar-refractivity contribution in [2.24, 2.45) is 0 Å². The van der Waals surface area contributed by atoms with Gasteiger partial charge in [-0.25, -0.2) is 4.39 Å². The molecule has 0 bridgehead atoms. The minimum atomic E-state index is -0.541. The zero-order valence-electron chi connectivity index (χ0n) is 8.59. The molecule has 1 aliphatic carbocycles. The molecule has 1 aromatic rings. The Bertz CT molecular complexity index is 418. The Labute approximate surface area is 93.3 Å². The van der Waals surface area contributed by atoms with Gasteiger partial charge in [0.05, 0.1) is 11.5 Å². The molecule has 0 N–H and O–H groups in total. The molecule has 0 saturated heterocycles. The van der Waals surface area contributed by atoms with E-state index >= 15 is 0 Å². The number of rotatable bonds is 2. The average molecular weight is 221 g/mol. The SMILES string of the molecule is CSc1ccc(C2(C#N)CCC2)c(F)c1. The highest BCUT2D eigenvalue weighted by Crippen LogP contribution is 2.44. The van der Waals surface area contributed by atoms with Crippen molar-refractivity contribution in [2.75, 3.05) is 6.26 Å². The van der Waals surface area contributed by atoms with E-state index in [4.69, 9.17) is 5.26 Å². The van der Waals surface area contributed by atoms with Crippen LogP contribution < -0.4 is 0 Å². The van der Waals surface area contributed by atoms with Crippen LogP contribution in [-0.4, -0.2) is 6.26 Å². The number of halogens is 1. The monoisotopic (exact) mass is 221 g/mol. The molecule has 78 valence electrons. The molecule has 0 amide bonds. The summed E-state index contributed by atoms with van der Waals surface area (Å²) in [6.45, 7) is 0. The van der Waals surface area contributed by atoms with Crippen molar-refractivity contribution in [3.63, 3.8) is 0 Å². The van der Waals surface area contributed by atoms with Gasteiger partial charge in [-0.2, -0.15) is 5.26 Å². The van der Waals surface area contributed by atoms with Crippen molar-refractivity contribution in [2.45, 2.75) is 29.6 Å². The predicted octanol–water partition coefficient (Wildman–Crippen LogP) is 3.49. The van der Waals surface area contributed by atoms with Gasteiger partial charge < -0.3 is 0 Å². The third-order valence-corrected chi connectivity index (χ3v) is 3.84. The Morgan fingerprint density at radius 1 is 1.47 bits per heavy atom. The van der Waals surface area contributed by atoms with Gasteiger partial charge in [-0.05, 0) is 37.7 Å². The molecule has 1 saturated carbocycles. The highest BCUT2D eigenvalue weighted by atomic mass is 32.2. The molecule has 0 aliphatic heterocycles. The molecule has 1 nitrogen and oxygen atoms in total. The fraction of sp³-hybridized carbons (Fsp3) is 0.417. The topological polar surface area (TPSA) is 23.8 Å². The summed E-state index contributed by atoms with van der Waals surface area (Å²) in [5, 5.41) is 9.12. The van der Waals surface area contributed by atoms with Crippen LogP contribution in [0.5, 0.6) is 0 Å². The van der Waals surface area contributed by atoms with Gasteiger partial charge in [-0.3, -0.25) is 0 Å². The van der Waals surface area contributed by atoms with Crippen LogP contribution in [0.25, 0.3) is 0 Å². The second-order valence-electron chi connectivity index (χ2n) is 3.89. The molecule has 1 fully saturated rings. The highest BCUT2D eigenvalue weighted by molar-refractivity contribution is 7.98. The quantitative estimate of drug-likeness (QED) is 0.714. The maximum absolute atomic E-state index is 13.8. The summed E-state index contributed by atoms with van der Waals surface area (Å²) in [5.41, 5.74) is 0.0372. The number of thioether (sulfide) groups is 1. The van der Waals surface area contributed by atoms with Crippen LogP contribution >= 0.6 is 11.8 Å². The lowest BCUT2D eigenvalue weighted by Gasteiger charge is -2.35. The largest absolute Gasteiger partial charge is 0.207 e. The van der Waals surface area contributed by atoms with E-state index in [0.29, 0.717) is 5.56 Å². The van der Waals surface area contributed by atoms with Gasteiger partial charge in [0.15, 0.2) is 0 Å². The first-order valence-electron chi connectivity index (χ1n) is 4.97. The van der Waals surface area contributed by atoms with Crippen molar-refractivity contribution >= 4 is 11.8 Å². The fourth-order valence-corrected chi connectivity index (χ4v) is 2.41. The molecule has 3 heteroatoms. The summed E-state index contributed by atoms with van der Waals surface area (Å²) in [5.74, 6) is -0.233. The van der Waals surface area contributed by atoms with Crippen LogP contribution in [0.4, 0.5) is 4.39 Å². The molecule has 2 rings (SSSR count). The van der Waals surface area contributed by atoms with Crippen LogP contribution in [0.3, 0.4) is 0 Å². The molecule has 1 aliphatic rings. The summed E-state index contributed by atoms with van der Waals surface area (Å²) >= 11 is 1.51. The average Bonchev–Trinajstić information content (AvgIpc) is 2.19. The van der Waals surface area contributed by atoms with Gasteiger partial charge in [0.2, 0.25) is 0 Å². The number of hydrogen-bond donors (Lipinski definition) is 0. The van der Waals surface area contributed by atoms with Crippen LogP contribution in [0, 0.1) is 17.1 Å². The van der Waals surface area contributed by atoms with Gasteiger partial charge in [0.25, 0.3) is 0 Å². The molecule has 0 heterocycles. The van der Waals surface area contributed by atoms with E-state index in [1.807, 2.05) is 12.3 Å². The maximum Gasteiger partial charge on any atom is 0.129 e. The first kappa shape index (κ1) is 10.5. The molecule has 0 aromatic heterocycles. The number of benzene rings is 1. The standard InChI is InChI=1S/C12H12FNS/c1-15-9-3-4-10(11(13)7-9)12(8-14)5-2-6-12/h3-4,7H,2,5-6H2,1H3. The summed E-state index contributed by atoms with van der Waals surface area (Å²) in [6, 6.07) is 7.44. The van der Waals surface area contributed by atoms with Gasteiger partial charge in [0, 0.05) is 10.5 Å². The summed E-state index contributed by atoms with van der Waals surface area (Å²) in [4.78, 5) is 0.906. The van der Waals surface area contributed by atoms with Gasteiger partial charge in [-0.15, -0.1) is 11.8 Å². The Balaban J connectivity index is 2.41. The smallest absolute Gasteiger partial charge is 0.129 e. The molecule has 0 atom stereocenters. The van der Waals surface area contributed by atoms with E-state index in [1.165, 1.54) is 17.8 Å². The minimum Gasteiger partial charge on any atom is -0.207 e. The Kier molecular flexibility index (Phi) is 2.70. The highest BCUT2D eigenvalue weighted by Gasteiger charge is 2.40. The van der Waals surface area contributed by atoms with E-state index < -0.39 is 5.41 Å². The fourth-order valence-electron chi connectivity index (χ4n) is 1.98. The first-order valence-corrected chi connectivity index (χ1v) is 6.19. The first-order chi connectivity index (χ1) is 7.22. The third-order valence-electron chi connectivity index (χ3n) is 3.11. The zero-order valence-corrected chi connectivity index (χ0v) is 9.40. The lowest BCUT2D eigenvalue weighted by atomic mass is 9.65. The van der Waals surface area contributed by atoms with Crippen LogP contribution in [0.1, 0.15) is 24.8 Å². The maximum atomic E-state index is 13.8. The molecule has 0 radical (unpaired) electrons. The zero-order chi connectivity index (χ0) is 10.9.